The summed E-state index contributed by atoms with van der Waals surface area (Å²) in [6.07, 6.45) is 2.02. The number of nitrogen functional groups attached to an aromatic ring is 1. The van der Waals surface area contributed by atoms with E-state index < -0.39 is 11.6 Å². The van der Waals surface area contributed by atoms with Crippen molar-refractivity contribution >= 4 is 59.3 Å². The first-order valence-corrected chi connectivity index (χ1v) is 16.1. The van der Waals surface area contributed by atoms with E-state index >= 15 is 0 Å². The number of hydrogen-bond donors (Lipinski definition) is 7. The third kappa shape index (κ3) is 9.67. The number of carboxylic acid groups (broad SMARTS) is 1. The molecule has 2 aromatic rings. The van der Waals surface area contributed by atoms with Gasteiger partial charge in [0.15, 0.2) is 29.5 Å². The number of fused-ring (bicyclic) bond motifs is 1. The van der Waals surface area contributed by atoms with Gasteiger partial charge in [0.25, 0.3) is 12.4 Å². The topological polar surface area (TPSA) is 248 Å². The third-order valence-corrected chi connectivity index (χ3v) is 8.32. The number of hydrogen-bond acceptors (Lipinski definition) is 16. The molecule has 0 radical (unpaired) electrons. The highest BCUT2D eigenvalue weighted by Crippen LogP contribution is 2.34. The zero-order valence-electron chi connectivity index (χ0n) is 26.4. The number of anilines is 1. The second-order valence-corrected chi connectivity index (χ2v) is 12.2. The molecule has 3 aliphatic rings. The fourth-order valence-corrected chi connectivity index (χ4v) is 5.84. The van der Waals surface area contributed by atoms with Crippen LogP contribution < -0.4 is 32.2 Å². The zero-order valence-corrected chi connectivity index (χ0v) is 28.0. The van der Waals surface area contributed by atoms with Crippen molar-refractivity contribution in [3.05, 3.63) is 40.4 Å². The molecule has 17 nitrogen and oxygen atoms in total. The van der Waals surface area contributed by atoms with E-state index in [1.807, 2.05) is 25.3 Å². The van der Waals surface area contributed by atoms with E-state index in [2.05, 4.69) is 47.5 Å². The molecule has 1 fully saturated rings. The number of aliphatic imine (C=N–C) groups is 1. The number of oxime groups is 1. The Morgan fingerprint density at radius 3 is 2.77 bits per heavy atom. The molecule has 4 atom stereocenters. The molecule has 9 N–H and O–H groups in total. The number of rotatable bonds is 11. The molecule has 1 saturated heterocycles. The van der Waals surface area contributed by atoms with Gasteiger partial charge in [-0.25, -0.2) is 4.98 Å². The van der Waals surface area contributed by atoms with Gasteiger partial charge in [-0.05, 0) is 63.8 Å². The Hall–Kier alpha value is -4.17. The predicted octanol–water partition coefficient (Wildman–Crippen LogP) is 1.27. The maximum absolute atomic E-state index is 11.2. The van der Waals surface area contributed by atoms with Crippen molar-refractivity contribution in [1.29, 1.82) is 0 Å². The molecular weight excluding hydrogens is 654 g/mol. The number of carbonyl (C=O) groups is 3. The summed E-state index contributed by atoms with van der Waals surface area (Å²) < 4.78 is 19.2. The number of amides is 2. The summed E-state index contributed by atoms with van der Waals surface area (Å²) in [7, 11) is 0. The molecule has 2 amide bonds. The first kappa shape index (κ1) is 37.3. The van der Waals surface area contributed by atoms with Crippen LogP contribution in [0.4, 0.5) is 5.13 Å². The minimum absolute atomic E-state index is 0.0598. The van der Waals surface area contributed by atoms with Gasteiger partial charge in [-0.3, -0.25) is 19.4 Å². The summed E-state index contributed by atoms with van der Waals surface area (Å²) >= 11 is 1.49. The molecule has 0 aliphatic carbocycles. The molecule has 4 heterocycles. The van der Waals surface area contributed by atoms with Crippen LogP contribution in [0.1, 0.15) is 57.0 Å². The smallest absolute Gasteiger partial charge is 0.290 e. The standard InChI is InChI=1S/C21H29N7O2S.C6H10N2O4S.CH2O2/c1-12(17-11-31-20(23)26-17)28-30-13(2)18-5-4-15-9-14(3-6-19(15)29-18)16-10-25-21(27-16)24-8-7-22;1-6(2)4(7-3-9)5(10)8(6)12-13-11;2-1-3/h3,6,9,11,13,16,18H,4-5,7-8,10,22H2,1-2H3,(H2,23,26)(H2,24,25,27);3-4,11H,1-2H3,(H,7,9);1H,(H,2,3)/b28-12+;;. The Morgan fingerprint density at radius 2 is 2.15 bits per heavy atom. The van der Waals surface area contributed by atoms with Crippen molar-refractivity contribution in [3.63, 3.8) is 0 Å². The molecule has 1 aromatic heterocycles. The van der Waals surface area contributed by atoms with Crippen molar-refractivity contribution < 1.29 is 37.9 Å². The van der Waals surface area contributed by atoms with Crippen LogP contribution in [0.25, 0.3) is 0 Å². The van der Waals surface area contributed by atoms with Gasteiger partial charge in [0, 0.05) is 18.5 Å². The molecule has 258 valence electrons. The molecular formula is C28H41N9O8S2. The van der Waals surface area contributed by atoms with E-state index in [1.165, 1.54) is 22.5 Å². The Kier molecular flexibility index (Phi) is 14.0. The SMILES string of the molecule is C/C(=N\OC(C)C1CCc2cc(C3CN=C(NCCN)N3)ccc2O1)c1csc(N)n1.CC1(C)C(NC=O)C(=O)N1OSO.O=CO. The van der Waals surface area contributed by atoms with Crippen molar-refractivity contribution in [1.82, 2.24) is 26.0 Å². The van der Waals surface area contributed by atoms with E-state index in [1.54, 1.807) is 13.8 Å². The van der Waals surface area contributed by atoms with Crippen molar-refractivity contribution in [2.24, 2.45) is 15.9 Å². The number of nitrogens with one attached hydrogen (secondary N) is 3. The zero-order chi connectivity index (χ0) is 34.6. The van der Waals surface area contributed by atoms with Crippen LogP contribution in [0.3, 0.4) is 0 Å². The number of ether oxygens (including phenoxy) is 1. The highest BCUT2D eigenvalue weighted by Gasteiger charge is 2.56. The van der Waals surface area contributed by atoms with Crippen molar-refractivity contribution in [2.45, 2.75) is 70.4 Å². The maximum Gasteiger partial charge on any atom is 0.290 e. The number of carbonyl (C=O) groups excluding carboxylic acids is 2. The monoisotopic (exact) mass is 695 g/mol. The van der Waals surface area contributed by atoms with Gasteiger partial charge in [0.2, 0.25) is 6.41 Å². The van der Waals surface area contributed by atoms with Crippen LogP contribution in [0.2, 0.25) is 0 Å². The fourth-order valence-electron chi connectivity index (χ4n) is 4.90. The molecule has 19 heteroatoms. The second-order valence-electron chi connectivity index (χ2n) is 11.0. The normalized spacial score (nSPS) is 21.4. The lowest BCUT2D eigenvalue weighted by molar-refractivity contribution is -0.213. The number of guanidine groups is 1. The lowest BCUT2D eigenvalue weighted by atomic mass is 9.85. The Bertz CT molecular complexity index is 1420. The Labute approximate surface area is 280 Å². The fraction of sp³-hybridized carbons (Fsp3) is 0.500. The van der Waals surface area contributed by atoms with Crippen molar-refractivity contribution in [3.8, 4) is 5.75 Å². The molecule has 3 aliphatic heterocycles. The Balaban J connectivity index is 0.000000313. The van der Waals surface area contributed by atoms with Gasteiger partial charge in [-0.1, -0.05) is 11.2 Å². The number of thiazole rings is 1. The molecule has 0 saturated carbocycles. The van der Waals surface area contributed by atoms with E-state index in [0.29, 0.717) is 36.9 Å². The highest BCUT2D eigenvalue weighted by molar-refractivity contribution is 7.88. The third-order valence-electron chi connectivity index (χ3n) is 7.43. The first-order chi connectivity index (χ1) is 22.5. The van der Waals surface area contributed by atoms with Gasteiger partial charge >= 0.3 is 0 Å². The first-order valence-electron chi connectivity index (χ1n) is 14.6. The number of hydroxylamine groups is 2. The minimum atomic E-state index is -0.631. The predicted molar refractivity (Wildman–Crippen MR) is 178 cm³/mol. The van der Waals surface area contributed by atoms with Crippen LogP contribution >= 0.6 is 23.7 Å². The van der Waals surface area contributed by atoms with Gasteiger partial charge in [-0.15, -0.1) is 11.3 Å². The summed E-state index contributed by atoms with van der Waals surface area (Å²) in [5, 5.41) is 23.5. The molecule has 47 heavy (non-hydrogen) atoms. The maximum atomic E-state index is 11.2. The summed E-state index contributed by atoms with van der Waals surface area (Å²) in [6, 6.07) is 5.94. The number of aryl methyl sites for hydroxylation is 1. The lowest BCUT2D eigenvalue weighted by Gasteiger charge is -2.50. The molecule has 4 unspecified atom stereocenters. The average molecular weight is 696 g/mol. The number of nitrogens with two attached hydrogens (primary N) is 2. The molecule has 0 bridgehead atoms. The van der Waals surface area contributed by atoms with Crippen LogP contribution in [0.15, 0.2) is 33.7 Å². The van der Waals surface area contributed by atoms with Crippen LogP contribution in [0, 0.1) is 0 Å². The number of aromatic nitrogens is 1. The average Bonchev–Trinajstić information content (AvgIpc) is 3.73. The van der Waals surface area contributed by atoms with E-state index in [9.17, 15) is 9.59 Å². The van der Waals surface area contributed by atoms with Gasteiger partial charge in [0.05, 0.1) is 18.1 Å². The summed E-state index contributed by atoms with van der Waals surface area (Å²) in [5.74, 6) is 1.34. The highest BCUT2D eigenvalue weighted by atomic mass is 32.2. The van der Waals surface area contributed by atoms with Gasteiger partial charge < -0.3 is 46.7 Å². The lowest BCUT2D eigenvalue weighted by Crippen LogP contribution is -2.75. The van der Waals surface area contributed by atoms with Crippen LogP contribution in [0.5, 0.6) is 5.75 Å². The quantitative estimate of drug-likeness (QED) is 0.0575. The number of benzene rings is 1. The van der Waals surface area contributed by atoms with E-state index in [0.717, 1.165) is 35.3 Å². The summed E-state index contributed by atoms with van der Waals surface area (Å²) in [6.45, 7) is 9.01. The van der Waals surface area contributed by atoms with Gasteiger partial charge in [0.1, 0.15) is 29.3 Å². The second kappa shape index (κ2) is 17.7. The van der Waals surface area contributed by atoms with Crippen LogP contribution in [-0.4, -0.2) is 93.6 Å². The van der Waals surface area contributed by atoms with E-state index in [4.69, 9.17) is 35.5 Å². The molecule has 0 spiro atoms. The number of nitrogens with zero attached hydrogens (tertiary/aromatic N) is 4. The minimum Gasteiger partial charge on any atom is -0.486 e. The largest absolute Gasteiger partial charge is 0.486 e. The summed E-state index contributed by atoms with van der Waals surface area (Å²) in [5.41, 5.74) is 14.5. The molecule has 5 rings (SSSR count). The Morgan fingerprint density at radius 1 is 1.40 bits per heavy atom. The van der Waals surface area contributed by atoms with E-state index in [-0.39, 0.29) is 43.0 Å². The summed E-state index contributed by atoms with van der Waals surface area (Å²) in [4.78, 5) is 44.1. The van der Waals surface area contributed by atoms with Crippen molar-refractivity contribution in [2.75, 3.05) is 25.4 Å². The number of β-lactam (4-membered cyclic amide) rings is 1. The van der Waals surface area contributed by atoms with Crippen LogP contribution in [-0.2, 0) is 29.9 Å². The molecule has 1 aromatic carbocycles. The van der Waals surface area contributed by atoms with Gasteiger partial charge in [-0.2, -0.15) is 9.35 Å².